The number of nitro groups is 1. The number of rotatable bonds is 3. The highest BCUT2D eigenvalue weighted by molar-refractivity contribution is 6.07. The van der Waals surface area contributed by atoms with E-state index in [0.717, 1.165) is 0 Å². The highest BCUT2D eigenvalue weighted by atomic mass is 16.6. The van der Waals surface area contributed by atoms with Crippen LogP contribution in [-0.4, -0.2) is 15.8 Å². The van der Waals surface area contributed by atoms with Crippen molar-refractivity contribution in [2.75, 3.05) is 5.32 Å². The van der Waals surface area contributed by atoms with Crippen molar-refractivity contribution in [3.63, 3.8) is 0 Å². The fourth-order valence-corrected chi connectivity index (χ4v) is 3.01. The summed E-state index contributed by atoms with van der Waals surface area (Å²) in [5, 5.41) is 14.4. The predicted molar refractivity (Wildman–Crippen MR) is 104 cm³/mol. The summed E-state index contributed by atoms with van der Waals surface area (Å²) in [4.78, 5) is 39.4. The molecule has 0 spiro atoms. The molecule has 1 N–H and O–H groups in total. The number of pyridine rings is 1. The van der Waals surface area contributed by atoms with Crippen LogP contribution >= 0.6 is 0 Å². The van der Waals surface area contributed by atoms with Crippen LogP contribution in [0.2, 0.25) is 0 Å². The van der Waals surface area contributed by atoms with E-state index in [-0.39, 0.29) is 17.1 Å². The van der Waals surface area contributed by atoms with Crippen LogP contribution in [0.25, 0.3) is 21.9 Å². The van der Waals surface area contributed by atoms with Gasteiger partial charge < -0.3 is 9.73 Å². The van der Waals surface area contributed by atoms with E-state index in [1.165, 1.54) is 24.3 Å². The molecule has 8 nitrogen and oxygen atoms in total. The van der Waals surface area contributed by atoms with E-state index in [4.69, 9.17) is 4.42 Å². The molecule has 0 aliphatic carbocycles. The molecule has 0 unspecified atom stereocenters. The second-order valence-electron chi connectivity index (χ2n) is 6.19. The quantitative estimate of drug-likeness (QED) is 0.252. The zero-order chi connectivity index (χ0) is 19.8. The molecule has 2 aromatic carbocycles. The van der Waals surface area contributed by atoms with Crippen molar-refractivity contribution < 1.29 is 14.1 Å². The predicted octanol–water partition coefficient (Wildman–Crippen LogP) is 3.81. The second kappa shape index (κ2) is 6.58. The number of hydrogen-bond acceptors (Lipinski definition) is 6. The van der Waals surface area contributed by atoms with Crippen LogP contribution in [0.3, 0.4) is 0 Å². The molecule has 0 bridgehead atoms. The number of amides is 1. The Kier molecular flexibility index (Phi) is 4.08. The Balaban J connectivity index is 1.77. The molecule has 2 heterocycles. The molecule has 4 aromatic rings. The van der Waals surface area contributed by atoms with Gasteiger partial charge in [-0.25, -0.2) is 9.78 Å². The fraction of sp³-hybridized carbons (Fsp3) is 0.0500. The number of aryl methyl sites for hydroxylation is 1. The van der Waals surface area contributed by atoms with E-state index < -0.39 is 16.5 Å². The number of aromatic nitrogens is 1. The number of hydrogen-bond donors (Lipinski definition) is 1. The SMILES string of the molecule is Cc1cc(NC(=O)c2ccc([N+](=O)[O-])cc2)nc2c1c(=O)oc1ccccc12. The Morgan fingerprint density at radius 1 is 1.14 bits per heavy atom. The third-order valence-corrected chi connectivity index (χ3v) is 4.35. The monoisotopic (exact) mass is 375 g/mol. The minimum absolute atomic E-state index is 0.102. The number of non-ortho nitro benzene ring substituents is 1. The van der Waals surface area contributed by atoms with Gasteiger partial charge in [-0.15, -0.1) is 0 Å². The first-order chi connectivity index (χ1) is 13.4. The van der Waals surface area contributed by atoms with Crippen LogP contribution in [0.4, 0.5) is 11.5 Å². The van der Waals surface area contributed by atoms with Crippen LogP contribution in [0.15, 0.2) is 63.8 Å². The van der Waals surface area contributed by atoms with Crippen LogP contribution in [0.1, 0.15) is 15.9 Å². The fourth-order valence-electron chi connectivity index (χ4n) is 3.01. The van der Waals surface area contributed by atoms with Gasteiger partial charge in [0.05, 0.1) is 15.8 Å². The summed E-state index contributed by atoms with van der Waals surface area (Å²) in [7, 11) is 0. The maximum absolute atomic E-state index is 12.5. The molecule has 4 rings (SSSR count). The molecule has 0 fully saturated rings. The van der Waals surface area contributed by atoms with E-state index in [1.807, 2.05) is 0 Å². The largest absolute Gasteiger partial charge is 0.422 e. The zero-order valence-corrected chi connectivity index (χ0v) is 14.6. The lowest BCUT2D eigenvalue weighted by molar-refractivity contribution is -0.384. The van der Waals surface area contributed by atoms with Crippen LogP contribution in [0, 0.1) is 17.0 Å². The molecule has 0 saturated heterocycles. The molecular formula is C20H13N3O5. The lowest BCUT2D eigenvalue weighted by Crippen LogP contribution is -2.14. The first-order valence-corrected chi connectivity index (χ1v) is 8.33. The number of fused-ring (bicyclic) bond motifs is 3. The average Bonchev–Trinajstić information content (AvgIpc) is 2.67. The van der Waals surface area contributed by atoms with Crippen molar-refractivity contribution in [3.05, 3.63) is 86.3 Å². The summed E-state index contributed by atoms with van der Waals surface area (Å²) >= 11 is 0. The maximum atomic E-state index is 12.5. The van der Waals surface area contributed by atoms with Crippen LogP contribution < -0.4 is 10.9 Å². The number of nitro benzene ring substituents is 1. The van der Waals surface area contributed by atoms with Crippen molar-refractivity contribution in [1.29, 1.82) is 0 Å². The maximum Gasteiger partial charge on any atom is 0.346 e. The second-order valence-corrected chi connectivity index (χ2v) is 6.19. The molecule has 0 atom stereocenters. The molecule has 138 valence electrons. The third-order valence-electron chi connectivity index (χ3n) is 4.35. The van der Waals surface area contributed by atoms with E-state index in [0.29, 0.717) is 27.4 Å². The summed E-state index contributed by atoms with van der Waals surface area (Å²) in [6.45, 7) is 1.73. The van der Waals surface area contributed by atoms with Crippen molar-refractivity contribution in [2.45, 2.75) is 6.92 Å². The standard InChI is InChI=1S/C20H13N3O5/c1-11-10-16(22-19(24)12-6-8-13(9-7-12)23(26)27)21-18-14-4-2-3-5-15(14)28-20(25)17(11)18/h2-10H,1H3,(H,21,22,24). The first kappa shape index (κ1) is 17.3. The van der Waals surface area contributed by atoms with Crippen LogP contribution in [0.5, 0.6) is 0 Å². The van der Waals surface area contributed by atoms with E-state index in [1.54, 1.807) is 37.3 Å². The minimum Gasteiger partial charge on any atom is -0.422 e. The van der Waals surface area contributed by atoms with E-state index in [9.17, 15) is 19.7 Å². The summed E-state index contributed by atoms with van der Waals surface area (Å²) in [6, 6.07) is 13.9. The van der Waals surface area contributed by atoms with Gasteiger partial charge >= 0.3 is 5.63 Å². The molecule has 0 saturated carbocycles. The molecule has 28 heavy (non-hydrogen) atoms. The topological polar surface area (TPSA) is 115 Å². The number of nitrogens with zero attached hydrogens (tertiary/aromatic N) is 2. The van der Waals surface area contributed by atoms with Crippen molar-refractivity contribution in [1.82, 2.24) is 4.98 Å². The van der Waals surface area contributed by atoms with Crippen molar-refractivity contribution in [3.8, 4) is 0 Å². The smallest absolute Gasteiger partial charge is 0.346 e. The van der Waals surface area contributed by atoms with Gasteiger partial charge in [-0.3, -0.25) is 14.9 Å². The van der Waals surface area contributed by atoms with Gasteiger partial charge in [-0.05, 0) is 42.8 Å². The van der Waals surface area contributed by atoms with Gasteiger partial charge in [0.15, 0.2) is 0 Å². The first-order valence-electron chi connectivity index (χ1n) is 8.33. The number of carbonyl (C=O) groups excluding carboxylic acids is 1. The van der Waals surface area contributed by atoms with Crippen molar-refractivity contribution >= 4 is 39.3 Å². The summed E-state index contributed by atoms with van der Waals surface area (Å²) in [6.07, 6.45) is 0. The Morgan fingerprint density at radius 3 is 2.57 bits per heavy atom. The van der Waals surface area contributed by atoms with E-state index >= 15 is 0 Å². The Labute approximate surface area is 157 Å². The number of benzene rings is 2. The van der Waals surface area contributed by atoms with Gasteiger partial charge in [0.1, 0.15) is 11.4 Å². The van der Waals surface area contributed by atoms with Gasteiger partial charge in [0.25, 0.3) is 11.6 Å². The molecule has 2 aromatic heterocycles. The average molecular weight is 375 g/mol. The Morgan fingerprint density at radius 2 is 1.86 bits per heavy atom. The lowest BCUT2D eigenvalue weighted by Gasteiger charge is -2.09. The van der Waals surface area contributed by atoms with E-state index in [2.05, 4.69) is 10.3 Å². The molecular weight excluding hydrogens is 362 g/mol. The summed E-state index contributed by atoms with van der Waals surface area (Å²) in [5.41, 5.74) is 1.11. The van der Waals surface area contributed by atoms with Gasteiger partial charge in [0, 0.05) is 23.1 Å². The number of nitrogens with one attached hydrogen (secondary N) is 1. The number of para-hydroxylation sites is 1. The number of anilines is 1. The molecule has 8 heteroatoms. The summed E-state index contributed by atoms with van der Waals surface area (Å²) < 4.78 is 5.34. The van der Waals surface area contributed by atoms with Crippen LogP contribution in [-0.2, 0) is 0 Å². The Hall–Kier alpha value is -4.07. The number of carbonyl (C=O) groups is 1. The van der Waals surface area contributed by atoms with Crippen molar-refractivity contribution in [2.24, 2.45) is 0 Å². The zero-order valence-electron chi connectivity index (χ0n) is 14.6. The summed E-state index contributed by atoms with van der Waals surface area (Å²) in [5.74, 6) is -0.197. The molecule has 1 amide bonds. The molecule has 0 aliphatic heterocycles. The third kappa shape index (κ3) is 2.96. The molecule has 0 aliphatic rings. The minimum atomic E-state index is -0.535. The van der Waals surface area contributed by atoms with Gasteiger partial charge in [-0.1, -0.05) is 12.1 Å². The highest BCUT2D eigenvalue weighted by Gasteiger charge is 2.15. The molecule has 0 radical (unpaired) electrons. The Bertz CT molecular complexity index is 1310. The van der Waals surface area contributed by atoms with Gasteiger partial charge in [0.2, 0.25) is 0 Å². The lowest BCUT2D eigenvalue weighted by atomic mass is 10.1. The highest BCUT2D eigenvalue weighted by Crippen LogP contribution is 2.25. The van der Waals surface area contributed by atoms with Gasteiger partial charge in [-0.2, -0.15) is 0 Å². The normalized spacial score (nSPS) is 10.9.